The van der Waals surface area contributed by atoms with Crippen LogP contribution < -0.4 is 16.2 Å². The third kappa shape index (κ3) is 8.23. The number of nitrogens with zero attached hydrogens (tertiary/aromatic N) is 9. The number of benzene rings is 1. The summed E-state index contributed by atoms with van der Waals surface area (Å²) in [5, 5.41) is 18.7. The second-order valence-electron chi connectivity index (χ2n) is 11.9. The molecule has 48 heavy (non-hydrogen) atoms. The molecule has 0 unspecified atom stereocenters. The van der Waals surface area contributed by atoms with E-state index in [0.29, 0.717) is 22.5 Å². The number of likely N-dealkylation sites (N-methyl/N-ethyl adjacent to an activating group) is 1. The van der Waals surface area contributed by atoms with Crippen LogP contribution in [0.5, 0.6) is 0 Å². The van der Waals surface area contributed by atoms with Gasteiger partial charge in [0.1, 0.15) is 6.07 Å². The highest BCUT2D eigenvalue weighted by Gasteiger charge is 2.32. The lowest BCUT2D eigenvalue weighted by molar-refractivity contribution is -0.163. The maximum Gasteiger partial charge on any atom is 0.397 e. The van der Waals surface area contributed by atoms with Crippen LogP contribution in [-0.4, -0.2) is 96.6 Å². The Morgan fingerprint density at radius 1 is 1.08 bits per heavy atom. The average molecular weight is 662 g/mol. The van der Waals surface area contributed by atoms with E-state index in [2.05, 4.69) is 72.2 Å². The number of carboxylic acid groups (broad SMARTS) is 1. The molecule has 1 aromatic carbocycles. The van der Waals surface area contributed by atoms with Crippen molar-refractivity contribution in [2.45, 2.75) is 44.3 Å². The number of anilines is 1. The molecule has 16 heteroatoms. The molecule has 0 radical (unpaired) electrons. The molecule has 1 amide bonds. The predicted octanol–water partition coefficient (Wildman–Crippen LogP) is 2.76. The molecular formula is C32H37F2N11O3. The highest BCUT2D eigenvalue weighted by Crippen LogP contribution is 2.30. The number of imidazole rings is 1. The van der Waals surface area contributed by atoms with Crippen molar-refractivity contribution in [1.29, 1.82) is 5.26 Å². The summed E-state index contributed by atoms with van der Waals surface area (Å²) in [5.74, 6) is -2.13. The largest absolute Gasteiger partial charge is 0.476 e. The number of aromatic nitrogens is 5. The van der Waals surface area contributed by atoms with E-state index in [1.54, 1.807) is 28.3 Å². The lowest BCUT2D eigenvalue weighted by Crippen LogP contribution is -2.48. The fraction of sp³-hybridized carbons (Fsp3) is 0.406. The van der Waals surface area contributed by atoms with Gasteiger partial charge in [0.25, 0.3) is 5.91 Å². The molecule has 6 rings (SSSR count). The van der Waals surface area contributed by atoms with Crippen LogP contribution in [0.2, 0.25) is 0 Å². The summed E-state index contributed by atoms with van der Waals surface area (Å²) in [6, 6.07) is 8.36. The number of hydrazine groups is 1. The zero-order chi connectivity index (χ0) is 34.4. The smallest absolute Gasteiger partial charge is 0.397 e. The molecule has 1 aliphatic heterocycles. The number of rotatable bonds is 8. The second-order valence-corrected chi connectivity index (χ2v) is 11.9. The number of fused-ring (bicyclic) bond motifs is 1. The molecule has 2 aliphatic rings. The summed E-state index contributed by atoms with van der Waals surface area (Å²) in [7, 11) is 3.99. The van der Waals surface area contributed by atoms with Crippen molar-refractivity contribution in [3.8, 4) is 17.2 Å². The van der Waals surface area contributed by atoms with E-state index in [4.69, 9.17) is 9.90 Å². The fourth-order valence-corrected chi connectivity index (χ4v) is 5.65. The number of nitrogens with two attached hydrogens (primary N) is 1. The van der Waals surface area contributed by atoms with Crippen molar-refractivity contribution >= 4 is 28.9 Å². The molecular weight excluding hydrogens is 624 g/mol. The molecule has 0 bridgehead atoms. The number of halogens is 2. The first-order valence-corrected chi connectivity index (χ1v) is 15.5. The van der Waals surface area contributed by atoms with Gasteiger partial charge in [0.2, 0.25) is 5.82 Å². The van der Waals surface area contributed by atoms with Gasteiger partial charge in [-0.2, -0.15) is 24.0 Å². The van der Waals surface area contributed by atoms with Gasteiger partial charge in [-0.25, -0.2) is 9.78 Å². The van der Waals surface area contributed by atoms with E-state index in [1.165, 1.54) is 5.56 Å². The van der Waals surface area contributed by atoms with Gasteiger partial charge in [0.05, 0.1) is 17.9 Å². The normalized spacial score (nSPS) is 15.8. The maximum absolute atomic E-state index is 13.6. The number of aryl methyl sites for hydroxylation is 1. The van der Waals surface area contributed by atoms with Crippen LogP contribution >= 0.6 is 0 Å². The molecule has 0 atom stereocenters. The summed E-state index contributed by atoms with van der Waals surface area (Å²) in [6.07, 6.45) is 8.91. The Labute approximate surface area is 275 Å². The van der Waals surface area contributed by atoms with Gasteiger partial charge in [-0.15, -0.1) is 0 Å². The minimum Gasteiger partial charge on any atom is -0.476 e. The number of hydrogen-bond donors (Lipinski definition) is 3. The van der Waals surface area contributed by atoms with Gasteiger partial charge in [-0.1, -0.05) is 37.1 Å². The van der Waals surface area contributed by atoms with Crippen LogP contribution in [0.3, 0.4) is 0 Å². The van der Waals surface area contributed by atoms with Crippen molar-refractivity contribution < 1.29 is 23.5 Å². The number of nitriles is 1. The van der Waals surface area contributed by atoms with Gasteiger partial charge < -0.3 is 14.6 Å². The molecule has 4 N–H and O–H groups in total. The third-order valence-electron chi connectivity index (χ3n) is 8.36. The minimum atomic E-state index is -4.08. The number of carbonyl (C=O) groups excluding carboxylic acids is 1. The first-order chi connectivity index (χ1) is 22.9. The zero-order valence-electron chi connectivity index (χ0n) is 26.7. The number of hydrogen-bond acceptors (Lipinski definition) is 11. The first-order valence-electron chi connectivity index (χ1n) is 15.5. The average Bonchev–Trinajstić information content (AvgIpc) is 3.75. The summed E-state index contributed by atoms with van der Waals surface area (Å²) < 4.78 is 23.8. The number of carboxylic acids is 1. The van der Waals surface area contributed by atoms with Gasteiger partial charge >= 0.3 is 12.0 Å². The first kappa shape index (κ1) is 34.2. The number of carbonyl (C=O) groups is 2. The second kappa shape index (κ2) is 14.8. The van der Waals surface area contributed by atoms with Crippen LogP contribution in [0.1, 0.15) is 47.4 Å². The van der Waals surface area contributed by atoms with Gasteiger partial charge in [-0.3, -0.25) is 30.8 Å². The van der Waals surface area contributed by atoms with Crippen molar-refractivity contribution in [3.63, 3.8) is 0 Å². The molecule has 0 spiro atoms. The van der Waals surface area contributed by atoms with E-state index in [-0.39, 0.29) is 17.8 Å². The summed E-state index contributed by atoms with van der Waals surface area (Å²) in [6.45, 7) is 5.29. The quantitative estimate of drug-likeness (QED) is 0.186. The molecule has 252 valence electrons. The van der Waals surface area contributed by atoms with Crippen LogP contribution in [0.4, 0.5) is 14.6 Å². The Morgan fingerprint density at radius 2 is 1.75 bits per heavy atom. The standard InChI is InChI=1S/C30H34N10O.C2H3F2NO2/c1-37-11-13-39(14-12-37)19-21-7-9-22(10-8-21)23-15-24(18-32-17-23)30(41)36-40(25-5-3-4-6-25)29-27-28(38(2)20-33-27)34-26(16-31)35-29;3-2(4,5)1(6)7/h7-10,15,17-18,20,25H,3-6,11-14,19H2,1-2H3,(H,36,41);5H2,(H,6,7). The molecule has 1 saturated carbocycles. The fourth-order valence-electron chi connectivity index (χ4n) is 5.65. The topological polar surface area (TPSA) is 182 Å². The van der Waals surface area contributed by atoms with Crippen molar-refractivity contribution in [2.24, 2.45) is 12.8 Å². The highest BCUT2D eigenvalue weighted by atomic mass is 19.3. The van der Waals surface area contributed by atoms with Crippen LogP contribution in [0.25, 0.3) is 22.3 Å². The third-order valence-corrected chi connectivity index (χ3v) is 8.36. The molecule has 14 nitrogen and oxygen atoms in total. The predicted molar refractivity (Wildman–Crippen MR) is 172 cm³/mol. The van der Waals surface area contributed by atoms with Crippen molar-refractivity contribution in [2.75, 3.05) is 38.2 Å². The number of alkyl halides is 2. The Bertz CT molecular complexity index is 1790. The zero-order valence-corrected chi connectivity index (χ0v) is 26.7. The number of amides is 1. The molecule has 1 saturated heterocycles. The Morgan fingerprint density at radius 3 is 2.38 bits per heavy atom. The lowest BCUT2D eigenvalue weighted by atomic mass is 10.0. The highest BCUT2D eigenvalue weighted by molar-refractivity contribution is 5.97. The summed E-state index contributed by atoms with van der Waals surface area (Å²) in [5.41, 5.74) is 11.5. The molecule has 2 fully saturated rings. The van der Waals surface area contributed by atoms with E-state index in [1.807, 2.05) is 19.2 Å². The number of aliphatic carboxylic acids is 1. The Hall–Kier alpha value is -5.11. The van der Waals surface area contributed by atoms with Crippen LogP contribution in [-0.2, 0) is 18.4 Å². The Balaban J connectivity index is 0.000000582. The van der Waals surface area contributed by atoms with Gasteiger partial charge in [-0.05, 0) is 37.1 Å². The van der Waals surface area contributed by atoms with E-state index < -0.39 is 12.0 Å². The summed E-state index contributed by atoms with van der Waals surface area (Å²) in [4.78, 5) is 45.3. The summed E-state index contributed by atoms with van der Waals surface area (Å²) >= 11 is 0. The van der Waals surface area contributed by atoms with Gasteiger partial charge in [0.15, 0.2) is 17.0 Å². The minimum absolute atomic E-state index is 0.0353. The van der Waals surface area contributed by atoms with Crippen molar-refractivity contribution in [1.82, 2.24) is 39.7 Å². The van der Waals surface area contributed by atoms with Gasteiger partial charge in [0, 0.05) is 57.7 Å². The van der Waals surface area contributed by atoms with E-state index >= 15 is 0 Å². The Kier molecular flexibility index (Phi) is 10.5. The molecule has 4 aromatic rings. The number of piperazine rings is 1. The molecule has 4 heterocycles. The molecule has 1 aliphatic carbocycles. The van der Waals surface area contributed by atoms with E-state index in [9.17, 15) is 18.8 Å². The van der Waals surface area contributed by atoms with Crippen molar-refractivity contribution in [3.05, 3.63) is 66.0 Å². The SMILES string of the molecule is CN1CCN(Cc2ccc(-c3cncc(C(=O)NN(c4nc(C#N)nc5c4ncn5C)C4CCCC4)c3)cc2)CC1.NC(F)(F)C(=O)O. The lowest BCUT2D eigenvalue weighted by Gasteiger charge is -2.32. The number of pyridine rings is 1. The van der Waals surface area contributed by atoms with Crippen LogP contribution in [0.15, 0.2) is 49.1 Å². The maximum atomic E-state index is 13.6. The number of nitrogens with one attached hydrogen (secondary N) is 1. The molecule has 3 aromatic heterocycles. The van der Waals surface area contributed by atoms with Crippen LogP contribution in [0, 0.1) is 11.3 Å². The monoisotopic (exact) mass is 661 g/mol. The van der Waals surface area contributed by atoms with E-state index in [0.717, 1.165) is 69.5 Å².